The van der Waals surface area contributed by atoms with Gasteiger partial charge in [0.15, 0.2) is 13.2 Å². The van der Waals surface area contributed by atoms with E-state index in [1.807, 2.05) is 0 Å². The first-order chi connectivity index (χ1) is 7.62. The Morgan fingerprint density at radius 2 is 1.53 bits per heavy atom. The van der Waals surface area contributed by atoms with Crippen molar-refractivity contribution in [2.45, 2.75) is 12.1 Å². The molecule has 0 aliphatic carbocycles. The molecular formula is C8H5F5O4. The summed E-state index contributed by atoms with van der Waals surface area (Å²) in [6.45, 7) is -2.94. The monoisotopic (exact) mass is 260 g/mol. The van der Waals surface area contributed by atoms with Crippen molar-refractivity contribution in [1.29, 1.82) is 0 Å². The molecule has 0 amide bonds. The van der Waals surface area contributed by atoms with Crippen molar-refractivity contribution in [3.8, 4) is 12.3 Å². The number of halogens is 5. The highest BCUT2D eigenvalue weighted by atomic mass is 19.4. The standard InChI is InChI=1S/C8H5F5O4/c1-2-3-16-5(14)6(15)17-4-7(9,10)8(11,12)13/h1H,3-4H2. The van der Waals surface area contributed by atoms with Crippen molar-refractivity contribution in [2.75, 3.05) is 13.2 Å². The molecule has 9 heteroatoms. The smallest absolute Gasteiger partial charge is 0.450 e. The van der Waals surface area contributed by atoms with Gasteiger partial charge in [0, 0.05) is 0 Å². The summed E-state index contributed by atoms with van der Waals surface area (Å²) in [5.41, 5.74) is 0. The fraction of sp³-hybridized carbons (Fsp3) is 0.500. The van der Waals surface area contributed by atoms with Crippen molar-refractivity contribution in [3.63, 3.8) is 0 Å². The Kier molecular flexibility index (Phi) is 4.87. The molecule has 0 saturated heterocycles. The minimum atomic E-state index is -5.88. The van der Waals surface area contributed by atoms with Crippen LogP contribution in [0.15, 0.2) is 0 Å². The van der Waals surface area contributed by atoms with Crippen molar-refractivity contribution in [2.24, 2.45) is 0 Å². The molecule has 0 aromatic carbocycles. The van der Waals surface area contributed by atoms with Crippen molar-refractivity contribution in [3.05, 3.63) is 0 Å². The van der Waals surface area contributed by atoms with Crippen LogP contribution in [0, 0.1) is 12.3 Å². The van der Waals surface area contributed by atoms with Gasteiger partial charge in [-0.25, -0.2) is 9.59 Å². The topological polar surface area (TPSA) is 52.6 Å². The SMILES string of the molecule is C#CCOC(=O)C(=O)OCC(F)(F)C(F)(F)F. The van der Waals surface area contributed by atoms with Gasteiger partial charge in [0.05, 0.1) is 0 Å². The highest BCUT2D eigenvalue weighted by Gasteiger charge is 2.58. The molecule has 0 aromatic heterocycles. The number of esters is 2. The second-order valence-corrected chi connectivity index (χ2v) is 2.56. The van der Waals surface area contributed by atoms with Crippen LogP contribution in [-0.4, -0.2) is 37.3 Å². The molecule has 0 aromatic rings. The minimum Gasteiger partial charge on any atom is -0.450 e. The molecule has 0 radical (unpaired) electrons. The summed E-state index contributed by atoms with van der Waals surface area (Å²) in [4.78, 5) is 21.1. The number of carbonyl (C=O) groups excluding carboxylic acids is 2. The van der Waals surface area contributed by atoms with Gasteiger partial charge in [-0.3, -0.25) is 0 Å². The summed E-state index contributed by atoms with van der Waals surface area (Å²) in [7, 11) is 0. The molecule has 0 spiro atoms. The van der Waals surface area contributed by atoms with Crippen LogP contribution in [0.1, 0.15) is 0 Å². The normalized spacial score (nSPS) is 11.5. The van der Waals surface area contributed by atoms with Gasteiger partial charge in [0.2, 0.25) is 0 Å². The lowest BCUT2D eigenvalue weighted by molar-refractivity contribution is -0.294. The number of alkyl halides is 5. The average molecular weight is 260 g/mol. The van der Waals surface area contributed by atoms with E-state index in [2.05, 4.69) is 15.9 Å². The number of hydrogen-bond acceptors (Lipinski definition) is 4. The fourth-order valence-corrected chi connectivity index (χ4v) is 0.463. The zero-order valence-corrected chi connectivity index (χ0v) is 8.01. The molecule has 0 aliphatic rings. The van der Waals surface area contributed by atoms with Crippen LogP contribution in [0.4, 0.5) is 22.0 Å². The van der Waals surface area contributed by atoms with E-state index in [-0.39, 0.29) is 0 Å². The van der Waals surface area contributed by atoms with Gasteiger partial charge in [-0.15, -0.1) is 6.42 Å². The van der Waals surface area contributed by atoms with Crippen LogP contribution in [0.25, 0.3) is 0 Å². The zero-order chi connectivity index (χ0) is 13.7. The first kappa shape index (κ1) is 15.2. The van der Waals surface area contributed by atoms with E-state index in [9.17, 15) is 31.5 Å². The largest absolute Gasteiger partial charge is 0.456 e. The maximum absolute atomic E-state index is 12.2. The van der Waals surface area contributed by atoms with Gasteiger partial charge in [-0.1, -0.05) is 5.92 Å². The summed E-state index contributed by atoms with van der Waals surface area (Å²) in [5, 5.41) is 0. The second kappa shape index (κ2) is 5.47. The van der Waals surface area contributed by atoms with E-state index in [1.165, 1.54) is 0 Å². The zero-order valence-electron chi connectivity index (χ0n) is 8.01. The first-order valence-electron chi connectivity index (χ1n) is 3.83. The molecule has 0 aliphatic heterocycles. The third-order valence-electron chi connectivity index (χ3n) is 1.25. The van der Waals surface area contributed by atoms with Crippen LogP contribution in [0.2, 0.25) is 0 Å². The lowest BCUT2D eigenvalue weighted by atomic mass is 10.3. The predicted octanol–water partition coefficient (Wildman–Crippen LogP) is 0.904. The molecule has 0 bridgehead atoms. The van der Waals surface area contributed by atoms with Crippen molar-refractivity contribution in [1.82, 2.24) is 0 Å². The Balaban J connectivity index is 4.26. The summed E-state index contributed by atoms with van der Waals surface area (Å²) in [6, 6.07) is 0. The lowest BCUT2D eigenvalue weighted by Gasteiger charge is -2.18. The number of ether oxygens (including phenoxy) is 2. The lowest BCUT2D eigenvalue weighted by Crippen LogP contribution is -2.42. The summed E-state index contributed by atoms with van der Waals surface area (Å²) in [5.74, 6) is -7.20. The molecule has 0 rings (SSSR count). The number of rotatable bonds is 3. The van der Waals surface area contributed by atoms with Crippen LogP contribution in [-0.2, 0) is 19.1 Å². The Labute approximate surface area is 91.7 Å². The highest BCUT2D eigenvalue weighted by Crippen LogP contribution is 2.35. The Morgan fingerprint density at radius 3 is 1.94 bits per heavy atom. The highest BCUT2D eigenvalue weighted by molar-refractivity contribution is 6.29. The maximum Gasteiger partial charge on any atom is 0.456 e. The van der Waals surface area contributed by atoms with Crippen molar-refractivity contribution >= 4 is 11.9 Å². The molecule has 0 atom stereocenters. The van der Waals surface area contributed by atoms with Gasteiger partial charge >= 0.3 is 24.0 Å². The van der Waals surface area contributed by atoms with Gasteiger partial charge < -0.3 is 9.47 Å². The van der Waals surface area contributed by atoms with Crippen LogP contribution in [0.3, 0.4) is 0 Å². The Hall–Kier alpha value is -1.85. The molecule has 96 valence electrons. The third-order valence-corrected chi connectivity index (χ3v) is 1.25. The van der Waals surface area contributed by atoms with E-state index in [0.717, 1.165) is 0 Å². The first-order valence-corrected chi connectivity index (χ1v) is 3.83. The summed E-state index contributed by atoms with van der Waals surface area (Å²) < 4.78 is 66.6. The van der Waals surface area contributed by atoms with Crippen molar-refractivity contribution < 1.29 is 41.0 Å². The van der Waals surface area contributed by atoms with Gasteiger partial charge in [-0.05, 0) is 0 Å². The van der Waals surface area contributed by atoms with Gasteiger partial charge in [-0.2, -0.15) is 22.0 Å². The molecular weight excluding hydrogens is 255 g/mol. The van der Waals surface area contributed by atoms with Crippen LogP contribution >= 0.6 is 0 Å². The van der Waals surface area contributed by atoms with Gasteiger partial charge in [0.25, 0.3) is 0 Å². The van der Waals surface area contributed by atoms with E-state index >= 15 is 0 Å². The van der Waals surface area contributed by atoms with E-state index in [1.54, 1.807) is 5.92 Å². The average Bonchev–Trinajstić information content (AvgIpc) is 2.20. The van der Waals surface area contributed by atoms with Crippen LogP contribution < -0.4 is 0 Å². The summed E-state index contributed by atoms with van der Waals surface area (Å²) >= 11 is 0. The molecule has 4 nitrogen and oxygen atoms in total. The maximum atomic E-state index is 12.2. The fourth-order valence-electron chi connectivity index (χ4n) is 0.463. The van der Waals surface area contributed by atoms with E-state index < -0.39 is 37.3 Å². The Bertz CT molecular complexity index is 341. The molecule has 0 saturated carbocycles. The number of hydrogen-bond donors (Lipinski definition) is 0. The quantitative estimate of drug-likeness (QED) is 0.327. The molecule has 17 heavy (non-hydrogen) atoms. The van der Waals surface area contributed by atoms with Crippen LogP contribution in [0.5, 0.6) is 0 Å². The van der Waals surface area contributed by atoms with Gasteiger partial charge in [0.1, 0.15) is 0 Å². The Morgan fingerprint density at radius 1 is 1.06 bits per heavy atom. The third kappa shape index (κ3) is 4.67. The van der Waals surface area contributed by atoms with E-state index in [4.69, 9.17) is 0 Å². The molecule has 0 unspecified atom stereocenters. The summed E-state index contributed by atoms with van der Waals surface area (Å²) in [6.07, 6.45) is -1.25. The van der Waals surface area contributed by atoms with E-state index in [0.29, 0.717) is 0 Å². The molecule has 0 heterocycles. The predicted molar refractivity (Wildman–Crippen MR) is 41.8 cm³/mol. The number of carbonyl (C=O) groups is 2. The molecule has 0 fully saturated rings. The minimum absolute atomic E-state index is 0.635. The number of terminal acetylenes is 1. The molecule has 0 N–H and O–H groups in total. The second-order valence-electron chi connectivity index (χ2n) is 2.56.